The summed E-state index contributed by atoms with van der Waals surface area (Å²) in [7, 11) is -0.265. The van der Waals surface area contributed by atoms with E-state index in [4.69, 9.17) is 9.16 Å². The molecule has 1 atom stereocenters. The van der Waals surface area contributed by atoms with Gasteiger partial charge < -0.3 is 14.3 Å². The van der Waals surface area contributed by atoms with E-state index in [1.165, 1.54) is 5.56 Å². The van der Waals surface area contributed by atoms with Gasteiger partial charge >= 0.3 is 0 Å². The Morgan fingerprint density at radius 1 is 1.04 bits per heavy atom. The van der Waals surface area contributed by atoms with Crippen LogP contribution in [0.3, 0.4) is 0 Å². The Morgan fingerprint density at radius 3 is 2.32 bits per heavy atom. The van der Waals surface area contributed by atoms with Crippen molar-refractivity contribution < 1.29 is 14.3 Å². The minimum atomic E-state index is -1.93. The molecule has 0 aliphatic carbocycles. The van der Waals surface area contributed by atoms with Gasteiger partial charge in [-0.15, -0.1) is 0 Å². The summed E-state index contributed by atoms with van der Waals surface area (Å²) >= 11 is 0. The van der Waals surface area contributed by atoms with E-state index in [2.05, 4.69) is 46.0 Å². The highest BCUT2D eigenvalue weighted by atomic mass is 28.4. The molecule has 1 N–H and O–H groups in total. The molecule has 0 aliphatic heterocycles. The fourth-order valence-corrected chi connectivity index (χ4v) is 3.60. The highest BCUT2D eigenvalue weighted by Gasteiger charge is 2.39. The molecule has 0 spiro atoms. The van der Waals surface area contributed by atoms with Crippen molar-refractivity contribution in [2.45, 2.75) is 57.8 Å². The SMILES string of the molecule is COc1cc(C=CC(O)CCc2ccccc2)ccc1O[Si](C)(C)C(C)(C)C. The summed E-state index contributed by atoms with van der Waals surface area (Å²) in [5.41, 5.74) is 2.22. The fourth-order valence-electron chi connectivity index (χ4n) is 2.58. The van der Waals surface area contributed by atoms with Gasteiger partial charge in [0.2, 0.25) is 0 Å². The molecule has 28 heavy (non-hydrogen) atoms. The molecule has 0 heterocycles. The number of aliphatic hydroxyl groups excluding tert-OH is 1. The van der Waals surface area contributed by atoms with Gasteiger partial charge in [0.05, 0.1) is 13.2 Å². The Balaban J connectivity index is 2.03. The van der Waals surface area contributed by atoms with E-state index in [9.17, 15) is 5.11 Å². The summed E-state index contributed by atoms with van der Waals surface area (Å²) in [5.74, 6) is 1.52. The monoisotopic (exact) mass is 398 g/mol. The van der Waals surface area contributed by atoms with E-state index in [0.717, 1.165) is 23.5 Å². The zero-order valence-corrected chi connectivity index (χ0v) is 19.0. The third kappa shape index (κ3) is 6.25. The highest BCUT2D eigenvalue weighted by molar-refractivity contribution is 6.74. The standard InChI is InChI=1S/C24H34O3Si/c1-24(2,3)28(5,6)27-22-17-14-20(18-23(22)26-4)13-16-21(25)15-12-19-10-8-7-9-11-19/h7-11,13-14,16-18,21,25H,12,15H2,1-6H3. The number of benzene rings is 2. The molecule has 1 unspecified atom stereocenters. The largest absolute Gasteiger partial charge is 0.541 e. The second-order valence-corrected chi connectivity index (χ2v) is 13.4. The summed E-state index contributed by atoms with van der Waals surface area (Å²) < 4.78 is 12.0. The molecule has 0 amide bonds. The van der Waals surface area contributed by atoms with Crippen LogP contribution in [0.4, 0.5) is 0 Å². The normalized spacial score (nSPS) is 13.5. The Kier molecular flexibility index (Phi) is 7.50. The van der Waals surface area contributed by atoms with Crippen LogP contribution in [0, 0.1) is 0 Å². The summed E-state index contributed by atoms with van der Waals surface area (Å²) in [6.45, 7) is 11.1. The Hall–Kier alpha value is -2.04. The van der Waals surface area contributed by atoms with Gasteiger partial charge in [-0.3, -0.25) is 0 Å². The van der Waals surface area contributed by atoms with Crippen molar-refractivity contribution in [1.29, 1.82) is 0 Å². The van der Waals surface area contributed by atoms with Crippen LogP contribution < -0.4 is 9.16 Å². The molecule has 0 radical (unpaired) electrons. The van der Waals surface area contributed by atoms with Crippen molar-refractivity contribution >= 4 is 14.4 Å². The highest BCUT2D eigenvalue weighted by Crippen LogP contribution is 2.40. The maximum absolute atomic E-state index is 10.3. The molecule has 2 aromatic carbocycles. The minimum absolute atomic E-state index is 0.124. The lowest BCUT2D eigenvalue weighted by Gasteiger charge is -2.36. The van der Waals surface area contributed by atoms with Crippen LogP contribution >= 0.6 is 0 Å². The Bertz CT molecular complexity index is 776. The molecule has 152 valence electrons. The number of hydrogen-bond donors (Lipinski definition) is 1. The first-order valence-corrected chi connectivity index (χ1v) is 12.8. The van der Waals surface area contributed by atoms with Crippen LogP contribution in [0.5, 0.6) is 11.5 Å². The maximum Gasteiger partial charge on any atom is 0.250 e. The van der Waals surface area contributed by atoms with Crippen LogP contribution in [-0.4, -0.2) is 26.6 Å². The molecule has 3 nitrogen and oxygen atoms in total. The van der Waals surface area contributed by atoms with Gasteiger partial charge in [0, 0.05) is 0 Å². The summed E-state index contributed by atoms with van der Waals surface area (Å²) in [6.07, 6.45) is 4.86. The average Bonchev–Trinajstić information content (AvgIpc) is 2.65. The van der Waals surface area contributed by atoms with Gasteiger partial charge in [0.25, 0.3) is 8.32 Å². The van der Waals surface area contributed by atoms with Gasteiger partial charge in [0.1, 0.15) is 5.75 Å². The first kappa shape index (κ1) is 22.2. The Morgan fingerprint density at radius 2 is 1.71 bits per heavy atom. The van der Waals surface area contributed by atoms with E-state index in [0.29, 0.717) is 6.42 Å². The van der Waals surface area contributed by atoms with Crippen LogP contribution in [0.2, 0.25) is 18.1 Å². The third-order valence-electron chi connectivity index (χ3n) is 5.44. The van der Waals surface area contributed by atoms with E-state index in [1.54, 1.807) is 7.11 Å². The Labute approximate surface area is 171 Å². The van der Waals surface area contributed by atoms with Crippen molar-refractivity contribution in [1.82, 2.24) is 0 Å². The van der Waals surface area contributed by atoms with E-state index < -0.39 is 14.4 Å². The first-order valence-electron chi connectivity index (χ1n) is 9.89. The van der Waals surface area contributed by atoms with Crippen molar-refractivity contribution in [2.75, 3.05) is 7.11 Å². The summed E-state index contributed by atoms with van der Waals surface area (Å²) in [4.78, 5) is 0. The number of hydrogen-bond acceptors (Lipinski definition) is 3. The molecule has 0 aromatic heterocycles. The molecule has 0 bridgehead atoms. The zero-order valence-electron chi connectivity index (χ0n) is 18.0. The van der Waals surface area contributed by atoms with E-state index >= 15 is 0 Å². The van der Waals surface area contributed by atoms with Gasteiger partial charge in [-0.25, -0.2) is 0 Å². The molecule has 0 saturated carbocycles. The minimum Gasteiger partial charge on any atom is -0.541 e. The molecular formula is C24H34O3Si. The van der Waals surface area contributed by atoms with Crippen molar-refractivity contribution in [2.24, 2.45) is 0 Å². The van der Waals surface area contributed by atoms with Crippen molar-refractivity contribution in [3.63, 3.8) is 0 Å². The number of aliphatic hydroxyl groups is 1. The van der Waals surface area contributed by atoms with E-state index in [1.807, 2.05) is 48.6 Å². The maximum atomic E-state index is 10.3. The topological polar surface area (TPSA) is 38.7 Å². The summed E-state index contributed by atoms with van der Waals surface area (Å²) in [6, 6.07) is 16.2. The molecule has 0 aliphatic rings. The first-order chi connectivity index (χ1) is 13.1. The summed E-state index contributed by atoms with van der Waals surface area (Å²) in [5, 5.41) is 10.4. The molecule has 2 aromatic rings. The zero-order chi connectivity index (χ0) is 20.8. The lowest BCUT2D eigenvalue weighted by Crippen LogP contribution is -2.43. The molecule has 4 heteroatoms. The predicted octanol–water partition coefficient (Wildman–Crippen LogP) is 6.09. The average molecular weight is 399 g/mol. The van der Waals surface area contributed by atoms with Crippen molar-refractivity contribution in [3.8, 4) is 11.5 Å². The van der Waals surface area contributed by atoms with Gasteiger partial charge in [-0.05, 0) is 54.2 Å². The van der Waals surface area contributed by atoms with Gasteiger partial charge in [0.15, 0.2) is 5.75 Å². The lowest BCUT2D eigenvalue weighted by molar-refractivity contribution is 0.214. The van der Waals surface area contributed by atoms with Crippen LogP contribution in [0.25, 0.3) is 6.08 Å². The number of rotatable bonds is 8. The third-order valence-corrected chi connectivity index (χ3v) is 9.78. The second kappa shape index (κ2) is 9.44. The van der Waals surface area contributed by atoms with Crippen LogP contribution in [0.15, 0.2) is 54.6 Å². The smallest absolute Gasteiger partial charge is 0.250 e. The molecular weight excluding hydrogens is 364 g/mol. The predicted molar refractivity (Wildman–Crippen MR) is 121 cm³/mol. The molecule has 2 rings (SSSR count). The quantitative estimate of drug-likeness (QED) is 0.547. The van der Waals surface area contributed by atoms with Crippen LogP contribution in [-0.2, 0) is 6.42 Å². The van der Waals surface area contributed by atoms with Crippen molar-refractivity contribution in [3.05, 3.63) is 65.7 Å². The number of ether oxygens (including phenoxy) is 1. The van der Waals surface area contributed by atoms with Gasteiger partial charge in [-0.2, -0.15) is 0 Å². The van der Waals surface area contributed by atoms with E-state index in [-0.39, 0.29) is 5.04 Å². The lowest BCUT2D eigenvalue weighted by atomic mass is 10.1. The van der Waals surface area contributed by atoms with Gasteiger partial charge in [-0.1, -0.05) is 69.3 Å². The fraction of sp³-hybridized carbons (Fsp3) is 0.417. The molecule has 0 saturated heterocycles. The van der Waals surface area contributed by atoms with Crippen LogP contribution in [0.1, 0.15) is 38.3 Å². The number of methoxy groups -OCH3 is 1. The number of aryl methyl sites for hydroxylation is 1. The molecule has 0 fully saturated rings. The second-order valence-electron chi connectivity index (χ2n) is 8.72.